The molecule has 6 nitrogen and oxygen atoms in total. The average Bonchev–Trinajstić information content (AvgIpc) is 2.81. The molecule has 1 aromatic heterocycles. The summed E-state index contributed by atoms with van der Waals surface area (Å²) in [5.41, 5.74) is 2.57. The van der Waals surface area contributed by atoms with E-state index in [2.05, 4.69) is 0 Å². The van der Waals surface area contributed by atoms with Crippen LogP contribution in [-0.2, 0) is 4.79 Å². The minimum atomic E-state index is -1.01. The Morgan fingerprint density at radius 3 is 2.44 bits per heavy atom. The fraction of sp³-hybridized carbons (Fsp3) is 0.154. The van der Waals surface area contributed by atoms with Gasteiger partial charge in [-0.2, -0.15) is 0 Å². The predicted molar refractivity (Wildman–Crippen MR) is 119 cm³/mol. The number of ether oxygens (including phenoxy) is 3. The first-order chi connectivity index (χ1) is 15.5. The summed E-state index contributed by atoms with van der Waals surface area (Å²) in [6.07, 6.45) is -1.01. The Balaban J connectivity index is 1.57. The van der Waals surface area contributed by atoms with Gasteiger partial charge >= 0.3 is 5.97 Å². The van der Waals surface area contributed by atoms with Crippen LogP contribution in [0.15, 0.2) is 75.9 Å². The van der Waals surface area contributed by atoms with Gasteiger partial charge in [0.25, 0.3) is 0 Å². The van der Waals surface area contributed by atoms with Crippen molar-refractivity contribution >= 4 is 16.9 Å². The van der Waals surface area contributed by atoms with Gasteiger partial charge in [-0.1, -0.05) is 53.6 Å². The predicted octanol–water partition coefficient (Wildman–Crippen LogP) is 4.82. The first-order valence-electron chi connectivity index (χ1n) is 10.2. The normalized spacial score (nSPS) is 14.9. The Kier molecular flexibility index (Phi) is 4.90. The maximum atomic E-state index is 13.3. The fourth-order valence-electron chi connectivity index (χ4n) is 3.58. The molecule has 0 amide bonds. The van der Waals surface area contributed by atoms with Gasteiger partial charge in [0.05, 0.1) is 5.39 Å². The third kappa shape index (κ3) is 3.60. The van der Waals surface area contributed by atoms with Crippen molar-refractivity contribution in [1.82, 2.24) is 0 Å². The van der Waals surface area contributed by atoms with Gasteiger partial charge in [-0.3, -0.25) is 4.79 Å². The van der Waals surface area contributed by atoms with Gasteiger partial charge in [-0.15, -0.1) is 0 Å². The van der Waals surface area contributed by atoms with E-state index in [1.54, 1.807) is 30.3 Å². The van der Waals surface area contributed by atoms with Crippen molar-refractivity contribution < 1.29 is 23.4 Å². The maximum absolute atomic E-state index is 13.3. The van der Waals surface area contributed by atoms with Gasteiger partial charge in [-0.05, 0) is 38.1 Å². The lowest BCUT2D eigenvalue weighted by molar-refractivity contribution is -0.144. The van der Waals surface area contributed by atoms with Gasteiger partial charge in [0.15, 0.2) is 17.3 Å². The number of hydrogen-bond acceptors (Lipinski definition) is 6. The Morgan fingerprint density at radius 2 is 1.66 bits per heavy atom. The molecule has 1 aliphatic rings. The summed E-state index contributed by atoms with van der Waals surface area (Å²) >= 11 is 0. The average molecular weight is 428 g/mol. The lowest BCUT2D eigenvalue weighted by Crippen LogP contribution is -2.40. The minimum absolute atomic E-state index is 0.0201. The molecule has 5 rings (SSSR count). The van der Waals surface area contributed by atoms with Gasteiger partial charge in [-0.25, -0.2) is 4.79 Å². The SMILES string of the molecule is Cc1ccc(-c2oc3ccc(C)cc3c(=O)c2OC(=O)C2COc3ccccc3O2)cc1. The summed E-state index contributed by atoms with van der Waals surface area (Å²) in [5, 5.41) is 0.342. The van der Waals surface area contributed by atoms with Gasteiger partial charge in [0.1, 0.15) is 12.2 Å². The second kappa shape index (κ2) is 7.89. The van der Waals surface area contributed by atoms with Crippen LogP contribution in [0, 0.1) is 13.8 Å². The molecular weight excluding hydrogens is 408 g/mol. The molecule has 2 heterocycles. The van der Waals surface area contributed by atoms with E-state index in [1.165, 1.54) is 0 Å². The smallest absolute Gasteiger partial charge is 0.356 e. The van der Waals surface area contributed by atoms with Crippen LogP contribution in [-0.4, -0.2) is 18.7 Å². The summed E-state index contributed by atoms with van der Waals surface area (Å²) in [7, 11) is 0. The largest absolute Gasteiger partial charge is 0.485 e. The highest BCUT2D eigenvalue weighted by atomic mass is 16.6. The highest BCUT2D eigenvalue weighted by Crippen LogP contribution is 2.34. The monoisotopic (exact) mass is 428 g/mol. The van der Waals surface area contributed by atoms with E-state index in [1.807, 2.05) is 50.2 Å². The van der Waals surface area contributed by atoms with Crippen LogP contribution in [0.2, 0.25) is 0 Å². The number of esters is 1. The summed E-state index contributed by atoms with van der Waals surface area (Å²) in [5.74, 6) is 0.293. The standard InChI is InChI=1S/C26H20O6/c1-15-7-10-17(11-8-15)24-25(23(27)18-13-16(2)9-12-19(18)31-24)32-26(28)22-14-29-20-5-3-4-6-21(20)30-22/h3-13,22H,14H2,1-2H3. The van der Waals surface area contributed by atoms with Crippen LogP contribution in [0.25, 0.3) is 22.3 Å². The van der Waals surface area contributed by atoms with Crippen LogP contribution >= 0.6 is 0 Å². The molecular formula is C26H20O6. The Labute approximate surface area is 184 Å². The molecule has 1 aliphatic heterocycles. The zero-order chi connectivity index (χ0) is 22.2. The molecule has 0 spiro atoms. The Morgan fingerprint density at radius 1 is 0.938 bits per heavy atom. The fourth-order valence-corrected chi connectivity index (χ4v) is 3.58. The summed E-state index contributed by atoms with van der Waals surface area (Å²) in [6, 6.07) is 19.8. The minimum Gasteiger partial charge on any atom is -0.485 e. The molecule has 160 valence electrons. The molecule has 0 radical (unpaired) electrons. The van der Waals surface area contributed by atoms with Crippen LogP contribution in [0.1, 0.15) is 11.1 Å². The lowest BCUT2D eigenvalue weighted by atomic mass is 10.1. The first kappa shape index (κ1) is 19.9. The van der Waals surface area contributed by atoms with Gasteiger partial charge in [0.2, 0.25) is 17.3 Å². The van der Waals surface area contributed by atoms with Crippen molar-refractivity contribution in [2.45, 2.75) is 20.0 Å². The zero-order valence-corrected chi connectivity index (χ0v) is 17.6. The van der Waals surface area contributed by atoms with Crippen molar-refractivity contribution in [2.75, 3.05) is 6.61 Å². The Bertz CT molecular complexity index is 1380. The van der Waals surface area contributed by atoms with Crippen LogP contribution in [0.4, 0.5) is 0 Å². The van der Waals surface area contributed by atoms with E-state index in [9.17, 15) is 9.59 Å². The molecule has 6 heteroatoms. The quantitative estimate of drug-likeness (QED) is 0.436. The molecule has 1 atom stereocenters. The summed E-state index contributed by atoms with van der Waals surface area (Å²) < 4.78 is 23.0. The van der Waals surface area contributed by atoms with Crippen LogP contribution in [0.5, 0.6) is 17.2 Å². The number of hydrogen-bond donors (Lipinski definition) is 0. The highest BCUT2D eigenvalue weighted by molar-refractivity contribution is 5.86. The molecule has 3 aromatic carbocycles. The topological polar surface area (TPSA) is 75.0 Å². The van der Waals surface area contributed by atoms with Gasteiger partial charge in [0, 0.05) is 5.56 Å². The number of aryl methyl sites for hydroxylation is 2. The van der Waals surface area contributed by atoms with Crippen molar-refractivity contribution in [3.05, 3.63) is 88.1 Å². The van der Waals surface area contributed by atoms with E-state index < -0.39 is 17.5 Å². The molecule has 4 aromatic rings. The Hall–Kier alpha value is -4.06. The van der Waals surface area contributed by atoms with E-state index >= 15 is 0 Å². The second-order valence-corrected chi connectivity index (χ2v) is 7.74. The molecule has 0 N–H and O–H groups in total. The molecule has 0 bridgehead atoms. The van der Waals surface area contributed by atoms with Gasteiger partial charge < -0.3 is 18.6 Å². The third-order valence-electron chi connectivity index (χ3n) is 5.29. The number of rotatable bonds is 3. The van der Waals surface area contributed by atoms with Crippen molar-refractivity contribution in [3.8, 4) is 28.6 Å². The van der Waals surface area contributed by atoms with Crippen molar-refractivity contribution in [1.29, 1.82) is 0 Å². The van der Waals surface area contributed by atoms with Crippen LogP contribution < -0.4 is 19.6 Å². The zero-order valence-electron chi connectivity index (χ0n) is 17.6. The second-order valence-electron chi connectivity index (χ2n) is 7.74. The van der Waals surface area contributed by atoms with Crippen molar-refractivity contribution in [2.24, 2.45) is 0 Å². The van der Waals surface area contributed by atoms with Crippen LogP contribution in [0.3, 0.4) is 0 Å². The molecule has 0 aliphatic carbocycles. The maximum Gasteiger partial charge on any atom is 0.356 e. The lowest BCUT2D eigenvalue weighted by Gasteiger charge is -2.25. The third-order valence-corrected chi connectivity index (χ3v) is 5.29. The molecule has 0 saturated heterocycles. The number of carbonyl (C=O) groups is 1. The number of carbonyl (C=O) groups excluding carboxylic acids is 1. The number of para-hydroxylation sites is 2. The van der Waals surface area contributed by atoms with E-state index in [0.29, 0.717) is 28.0 Å². The first-order valence-corrected chi connectivity index (χ1v) is 10.2. The summed E-state index contributed by atoms with van der Waals surface area (Å²) in [6.45, 7) is 3.82. The molecule has 0 saturated carbocycles. The summed E-state index contributed by atoms with van der Waals surface area (Å²) in [4.78, 5) is 26.3. The van der Waals surface area contributed by atoms with E-state index in [4.69, 9.17) is 18.6 Å². The molecule has 0 fully saturated rings. The van der Waals surface area contributed by atoms with E-state index in [0.717, 1.165) is 11.1 Å². The number of fused-ring (bicyclic) bond motifs is 2. The highest BCUT2D eigenvalue weighted by Gasteiger charge is 2.31. The molecule has 1 unspecified atom stereocenters. The van der Waals surface area contributed by atoms with Crippen molar-refractivity contribution in [3.63, 3.8) is 0 Å². The molecule has 32 heavy (non-hydrogen) atoms. The van der Waals surface area contributed by atoms with E-state index in [-0.39, 0.29) is 18.1 Å². The number of benzene rings is 3.